The van der Waals surface area contributed by atoms with E-state index in [-0.39, 0.29) is 5.78 Å². The maximum absolute atomic E-state index is 12.4. The molecule has 2 aromatic carbocycles. The zero-order valence-corrected chi connectivity index (χ0v) is 17.1. The number of ether oxygens (including phenoxy) is 1. The summed E-state index contributed by atoms with van der Waals surface area (Å²) in [6.45, 7) is 2.53. The SMILES string of the molecule is CCCCCCCCCCC(O)COc1ccc(C(=O)c2ccccc2)cc1. The van der Waals surface area contributed by atoms with E-state index in [0.29, 0.717) is 23.5 Å². The normalized spacial score (nSPS) is 11.9. The molecule has 0 aliphatic carbocycles. The lowest BCUT2D eigenvalue weighted by Crippen LogP contribution is -2.17. The first-order valence-corrected chi connectivity index (χ1v) is 10.7. The topological polar surface area (TPSA) is 46.5 Å². The van der Waals surface area contributed by atoms with Crippen molar-refractivity contribution in [2.45, 2.75) is 70.8 Å². The molecular weight excluding hydrogens is 348 g/mol. The number of aliphatic hydroxyl groups is 1. The van der Waals surface area contributed by atoms with Gasteiger partial charge >= 0.3 is 0 Å². The number of carbonyl (C=O) groups excluding carboxylic acids is 1. The highest BCUT2D eigenvalue weighted by Crippen LogP contribution is 2.16. The molecule has 2 rings (SSSR count). The van der Waals surface area contributed by atoms with Gasteiger partial charge in [0.05, 0.1) is 6.10 Å². The maximum atomic E-state index is 12.4. The molecule has 0 saturated carbocycles. The summed E-state index contributed by atoms with van der Waals surface area (Å²) in [6.07, 6.45) is 10.4. The van der Waals surface area contributed by atoms with Gasteiger partial charge in [-0.15, -0.1) is 0 Å². The Kier molecular flexibility index (Phi) is 10.4. The Morgan fingerprint density at radius 1 is 0.821 bits per heavy atom. The molecule has 28 heavy (non-hydrogen) atoms. The van der Waals surface area contributed by atoms with E-state index in [0.717, 1.165) is 12.8 Å². The summed E-state index contributed by atoms with van der Waals surface area (Å²) in [5, 5.41) is 10.1. The van der Waals surface area contributed by atoms with E-state index in [1.165, 1.54) is 44.9 Å². The molecule has 0 aliphatic heterocycles. The molecule has 0 fully saturated rings. The van der Waals surface area contributed by atoms with Gasteiger partial charge in [-0.2, -0.15) is 0 Å². The third-order valence-electron chi connectivity index (χ3n) is 4.99. The molecule has 2 aromatic rings. The van der Waals surface area contributed by atoms with Gasteiger partial charge in [0.2, 0.25) is 0 Å². The number of hydrogen-bond donors (Lipinski definition) is 1. The summed E-state index contributed by atoms with van der Waals surface area (Å²) < 4.78 is 5.67. The molecule has 0 radical (unpaired) electrons. The summed E-state index contributed by atoms with van der Waals surface area (Å²) in [6, 6.07) is 16.4. The molecule has 0 spiro atoms. The first kappa shape index (κ1) is 22.2. The first-order valence-electron chi connectivity index (χ1n) is 10.7. The minimum Gasteiger partial charge on any atom is -0.491 e. The van der Waals surface area contributed by atoms with E-state index < -0.39 is 6.10 Å². The van der Waals surface area contributed by atoms with Crippen LogP contribution < -0.4 is 4.74 Å². The van der Waals surface area contributed by atoms with Gasteiger partial charge in [-0.25, -0.2) is 0 Å². The lowest BCUT2D eigenvalue weighted by Gasteiger charge is -2.12. The maximum Gasteiger partial charge on any atom is 0.193 e. The summed E-state index contributed by atoms with van der Waals surface area (Å²) in [7, 11) is 0. The van der Waals surface area contributed by atoms with Crippen molar-refractivity contribution in [3.63, 3.8) is 0 Å². The highest BCUT2D eigenvalue weighted by atomic mass is 16.5. The number of benzene rings is 2. The van der Waals surface area contributed by atoms with E-state index in [9.17, 15) is 9.90 Å². The smallest absolute Gasteiger partial charge is 0.193 e. The lowest BCUT2D eigenvalue weighted by molar-refractivity contribution is 0.0973. The van der Waals surface area contributed by atoms with Gasteiger partial charge in [-0.1, -0.05) is 88.6 Å². The summed E-state index contributed by atoms with van der Waals surface area (Å²) in [5.74, 6) is 0.682. The Hall–Kier alpha value is -2.13. The second-order valence-corrected chi connectivity index (χ2v) is 7.45. The van der Waals surface area contributed by atoms with Crippen LogP contribution in [-0.4, -0.2) is 23.6 Å². The number of rotatable bonds is 14. The van der Waals surface area contributed by atoms with Crippen molar-refractivity contribution in [2.24, 2.45) is 0 Å². The standard InChI is InChI=1S/C25H34O3/c1-2-3-4-5-6-7-8-12-15-23(26)20-28-24-18-16-22(17-19-24)25(27)21-13-10-9-11-14-21/h9-11,13-14,16-19,23,26H,2-8,12,15,20H2,1H3. The molecule has 0 aliphatic rings. The second kappa shape index (κ2) is 13.1. The molecular formula is C25H34O3. The van der Waals surface area contributed by atoms with Gasteiger partial charge in [0.15, 0.2) is 5.78 Å². The lowest BCUT2D eigenvalue weighted by atomic mass is 10.0. The Morgan fingerprint density at radius 3 is 2.04 bits per heavy atom. The average Bonchev–Trinajstić information content (AvgIpc) is 2.74. The number of aliphatic hydroxyl groups excluding tert-OH is 1. The van der Waals surface area contributed by atoms with Crippen LogP contribution >= 0.6 is 0 Å². The summed E-state index contributed by atoms with van der Waals surface area (Å²) >= 11 is 0. The number of unbranched alkanes of at least 4 members (excludes halogenated alkanes) is 7. The van der Waals surface area contributed by atoms with Crippen molar-refractivity contribution < 1.29 is 14.6 Å². The van der Waals surface area contributed by atoms with Gasteiger partial charge in [0.1, 0.15) is 12.4 Å². The quantitative estimate of drug-likeness (QED) is 0.313. The molecule has 1 N–H and O–H groups in total. The molecule has 3 heteroatoms. The van der Waals surface area contributed by atoms with Gasteiger partial charge in [-0.3, -0.25) is 4.79 Å². The minimum atomic E-state index is -0.439. The zero-order valence-electron chi connectivity index (χ0n) is 17.1. The van der Waals surface area contributed by atoms with Crippen LogP contribution in [0.1, 0.15) is 80.6 Å². The van der Waals surface area contributed by atoms with Gasteiger partial charge in [0.25, 0.3) is 0 Å². The van der Waals surface area contributed by atoms with Crippen LogP contribution in [0.2, 0.25) is 0 Å². The molecule has 3 nitrogen and oxygen atoms in total. The Labute approximate surface area is 169 Å². The molecule has 0 aromatic heterocycles. The van der Waals surface area contributed by atoms with Crippen LogP contribution in [0.15, 0.2) is 54.6 Å². The van der Waals surface area contributed by atoms with E-state index in [4.69, 9.17) is 4.74 Å². The predicted molar refractivity (Wildman–Crippen MR) is 115 cm³/mol. The van der Waals surface area contributed by atoms with Crippen LogP contribution in [0.4, 0.5) is 0 Å². The number of hydrogen-bond acceptors (Lipinski definition) is 3. The molecule has 0 heterocycles. The molecule has 0 bridgehead atoms. The van der Waals surface area contributed by atoms with Crippen molar-refractivity contribution in [3.05, 3.63) is 65.7 Å². The molecule has 152 valence electrons. The van der Waals surface area contributed by atoms with E-state index >= 15 is 0 Å². The van der Waals surface area contributed by atoms with Gasteiger partial charge in [-0.05, 0) is 30.7 Å². The van der Waals surface area contributed by atoms with Crippen molar-refractivity contribution in [1.82, 2.24) is 0 Å². The predicted octanol–water partition coefficient (Wildman–Crippen LogP) is 6.19. The van der Waals surface area contributed by atoms with E-state index in [1.807, 2.05) is 30.3 Å². The van der Waals surface area contributed by atoms with Crippen molar-refractivity contribution in [1.29, 1.82) is 0 Å². The summed E-state index contributed by atoms with van der Waals surface area (Å²) in [5.41, 5.74) is 1.31. The fraction of sp³-hybridized carbons (Fsp3) is 0.480. The molecule has 1 unspecified atom stereocenters. The Balaban J connectivity index is 1.62. The zero-order chi connectivity index (χ0) is 20.0. The fourth-order valence-corrected chi connectivity index (χ4v) is 3.25. The Bertz CT molecular complexity index is 664. The van der Waals surface area contributed by atoms with Gasteiger partial charge in [0, 0.05) is 11.1 Å². The number of carbonyl (C=O) groups is 1. The van der Waals surface area contributed by atoms with Crippen molar-refractivity contribution >= 4 is 5.78 Å². The van der Waals surface area contributed by atoms with Crippen LogP contribution in [0.3, 0.4) is 0 Å². The second-order valence-electron chi connectivity index (χ2n) is 7.45. The first-order chi connectivity index (χ1) is 13.7. The van der Waals surface area contributed by atoms with Crippen molar-refractivity contribution in [2.75, 3.05) is 6.61 Å². The third-order valence-corrected chi connectivity index (χ3v) is 4.99. The van der Waals surface area contributed by atoms with Crippen LogP contribution in [0.5, 0.6) is 5.75 Å². The minimum absolute atomic E-state index is 0.00174. The highest BCUT2D eigenvalue weighted by Gasteiger charge is 2.09. The van der Waals surface area contributed by atoms with E-state index in [1.54, 1.807) is 24.3 Å². The van der Waals surface area contributed by atoms with Crippen LogP contribution in [0, 0.1) is 0 Å². The third kappa shape index (κ3) is 8.26. The van der Waals surface area contributed by atoms with Gasteiger partial charge < -0.3 is 9.84 Å². The molecule has 0 saturated heterocycles. The number of ketones is 1. The fourth-order valence-electron chi connectivity index (χ4n) is 3.25. The van der Waals surface area contributed by atoms with Crippen molar-refractivity contribution in [3.8, 4) is 5.75 Å². The highest BCUT2D eigenvalue weighted by molar-refractivity contribution is 6.08. The molecule has 1 atom stereocenters. The monoisotopic (exact) mass is 382 g/mol. The largest absolute Gasteiger partial charge is 0.491 e. The van der Waals surface area contributed by atoms with Crippen LogP contribution in [-0.2, 0) is 0 Å². The average molecular weight is 383 g/mol. The summed E-state index contributed by atoms with van der Waals surface area (Å²) in [4.78, 5) is 12.4. The van der Waals surface area contributed by atoms with Crippen LogP contribution in [0.25, 0.3) is 0 Å². The van der Waals surface area contributed by atoms with E-state index in [2.05, 4.69) is 6.92 Å². The molecule has 0 amide bonds. The Morgan fingerprint density at radius 2 is 1.39 bits per heavy atom.